The molecule has 0 bridgehead atoms. The summed E-state index contributed by atoms with van der Waals surface area (Å²) in [7, 11) is -3.57. The van der Waals surface area contributed by atoms with Crippen molar-refractivity contribution in [2.24, 2.45) is 0 Å². The van der Waals surface area contributed by atoms with Crippen molar-refractivity contribution < 1.29 is 17.9 Å². The Kier molecular flexibility index (Phi) is 4.99. The van der Waals surface area contributed by atoms with E-state index in [1.807, 2.05) is 58.0 Å². The van der Waals surface area contributed by atoms with Crippen LogP contribution in [0.4, 0.5) is 0 Å². The van der Waals surface area contributed by atoms with Crippen LogP contribution < -0.4 is 14.2 Å². The van der Waals surface area contributed by atoms with Gasteiger partial charge in [0.2, 0.25) is 10.0 Å². The summed E-state index contributed by atoms with van der Waals surface area (Å²) in [4.78, 5) is 0.320. The minimum absolute atomic E-state index is 0.280. The first kappa shape index (κ1) is 18.7. The molecule has 26 heavy (non-hydrogen) atoms. The zero-order chi connectivity index (χ0) is 18.9. The molecule has 5 nitrogen and oxygen atoms in total. The lowest BCUT2D eigenvalue weighted by Gasteiger charge is -2.28. The summed E-state index contributed by atoms with van der Waals surface area (Å²) in [6.07, 6.45) is 0. The Hall–Kier alpha value is -2.05. The smallest absolute Gasteiger partial charge is 0.240 e. The van der Waals surface area contributed by atoms with E-state index in [1.165, 1.54) is 0 Å². The highest BCUT2D eigenvalue weighted by Gasteiger charge is 2.26. The summed E-state index contributed by atoms with van der Waals surface area (Å²) in [6.45, 7) is 9.12. The van der Waals surface area contributed by atoms with Gasteiger partial charge < -0.3 is 9.47 Å². The van der Waals surface area contributed by atoms with Gasteiger partial charge in [0.05, 0.1) is 4.90 Å². The van der Waals surface area contributed by atoms with Crippen molar-refractivity contribution in [3.05, 3.63) is 53.1 Å². The van der Waals surface area contributed by atoms with Crippen molar-refractivity contribution >= 4 is 10.0 Å². The second-order valence-corrected chi connectivity index (χ2v) is 9.07. The van der Waals surface area contributed by atoms with Gasteiger partial charge in [-0.25, -0.2) is 13.1 Å². The molecule has 0 spiro atoms. The van der Waals surface area contributed by atoms with E-state index < -0.39 is 15.4 Å². The fraction of sp³-hybridized carbons (Fsp3) is 0.400. The van der Waals surface area contributed by atoms with Crippen molar-refractivity contribution in [3.63, 3.8) is 0 Å². The third-order valence-corrected chi connectivity index (χ3v) is 6.21. The van der Waals surface area contributed by atoms with Gasteiger partial charge in [0.1, 0.15) is 13.2 Å². The number of sulfonamides is 1. The fourth-order valence-corrected chi connectivity index (χ4v) is 4.46. The predicted octanol–water partition coefficient (Wildman–Crippen LogP) is 3.33. The van der Waals surface area contributed by atoms with Crippen molar-refractivity contribution in [1.82, 2.24) is 4.72 Å². The van der Waals surface area contributed by atoms with E-state index in [0.29, 0.717) is 23.9 Å². The molecule has 0 fully saturated rings. The molecule has 0 unspecified atom stereocenters. The van der Waals surface area contributed by atoms with Crippen LogP contribution in [0.1, 0.15) is 30.5 Å². The molecule has 1 N–H and O–H groups in total. The average molecular weight is 375 g/mol. The topological polar surface area (TPSA) is 64.6 Å². The second-order valence-electron chi connectivity index (χ2n) is 7.34. The maximum absolute atomic E-state index is 12.7. The Morgan fingerprint density at radius 3 is 2.38 bits per heavy atom. The summed E-state index contributed by atoms with van der Waals surface area (Å²) in [5.74, 6) is 1.44. The number of hydrogen-bond donors (Lipinski definition) is 1. The van der Waals surface area contributed by atoms with Gasteiger partial charge in [-0.3, -0.25) is 0 Å². The number of aryl methyl sites for hydroxylation is 2. The molecule has 2 aromatic rings. The Morgan fingerprint density at radius 2 is 1.69 bits per heavy atom. The van der Waals surface area contributed by atoms with Crippen LogP contribution in [0.25, 0.3) is 0 Å². The van der Waals surface area contributed by atoms with Gasteiger partial charge in [-0.2, -0.15) is 0 Å². The normalized spacial score (nSPS) is 14.3. The number of rotatable bonds is 5. The SMILES string of the molecule is Cc1ccc(S(=O)(=O)NCC(C)(C)c2ccc3c(c2)OCCO3)c(C)c1. The molecule has 0 saturated carbocycles. The predicted molar refractivity (Wildman–Crippen MR) is 102 cm³/mol. The lowest BCUT2D eigenvalue weighted by molar-refractivity contribution is 0.171. The Morgan fingerprint density at radius 1 is 1.00 bits per heavy atom. The lowest BCUT2D eigenvalue weighted by atomic mass is 9.84. The molecule has 140 valence electrons. The number of fused-ring (bicyclic) bond motifs is 1. The summed E-state index contributed by atoms with van der Waals surface area (Å²) < 4.78 is 39.4. The van der Waals surface area contributed by atoms with Crippen molar-refractivity contribution in [3.8, 4) is 11.5 Å². The van der Waals surface area contributed by atoms with Crippen LogP contribution in [0.2, 0.25) is 0 Å². The maximum Gasteiger partial charge on any atom is 0.240 e. The molecular formula is C20H25NO4S. The minimum Gasteiger partial charge on any atom is -0.486 e. The van der Waals surface area contributed by atoms with E-state index in [0.717, 1.165) is 22.4 Å². The average Bonchev–Trinajstić information content (AvgIpc) is 2.59. The van der Waals surface area contributed by atoms with Gasteiger partial charge in [0, 0.05) is 12.0 Å². The maximum atomic E-state index is 12.7. The Labute approximate surface area is 155 Å². The number of hydrogen-bond acceptors (Lipinski definition) is 4. The number of nitrogens with one attached hydrogen (secondary N) is 1. The summed E-state index contributed by atoms with van der Waals surface area (Å²) in [5.41, 5.74) is 2.37. The highest BCUT2D eigenvalue weighted by molar-refractivity contribution is 7.89. The van der Waals surface area contributed by atoms with Crippen LogP contribution in [0.15, 0.2) is 41.3 Å². The van der Waals surface area contributed by atoms with Crippen LogP contribution in [0.3, 0.4) is 0 Å². The minimum atomic E-state index is -3.57. The molecule has 2 aromatic carbocycles. The summed E-state index contributed by atoms with van der Waals surface area (Å²) in [6, 6.07) is 11.1. The number of ether oxygens (including phenoxy) is 2. The van der Waals surface area contributed by atoms with Gasteiger partial charge in [-0.1, -0.05) is 37.6 Å². The van der Waals surface area contributed by atoms with E-state index in [9.17, 15) is 8.42 Å². The third-order valence-electron chi connectivity index (χ3n) is 4.65. The van der Waals surface area contributed by atoms with E-state index >= 15 is 0 Å². The molecule has 0 radical (unpaired) electrons. The van der Waals surface area contributed by atoms with Gasteiger partial charge in [-0.15, -0.1) is 0 Å². The highest BCUT2D eigenvalue weighted by Crippen LogP contribution is 2.35. The van der Waals surface area contributed by atoms with E-state index in [1.54, 1.807) is 6.07 Å². The largest absolute Gasteiger partial charge is 0.486 e. The van der Waals surface area contributed by atoms with E-state index in [4.69, 9.17) is 9.47 Å². The number of benzene rings is 2. The van der Waals surface area contributed by atoms with Crippen LogP contribution in [-0.2, 0) is 15.4 Å². The van der Waals surface area contributed by atoms with Gasteiger partial charge in [0.25, 0.3) is 0 Å². The van der Waals surface area contributed by atoms with Gasteiger partial charge in [-0.05, 0) is 43.2 Å². The molecule has 3 rings (SSSR count). The lowest BCUT2D eigenvalue weighted by Crippen LogP contribution is -2.37. The summed E-state index contributed by atoms with van der Waals surface area (Å²) in [5, 5.41) is 0. The quantitative estimate of drug-likeness (QED) is 0.871. The Bertz CT molecular complexity index is 919. The van der Waals surface area contributed by atoms with Crippen molar-refractivity contribution in [2.45, 2.75) is 38.0 Å². The molecule has 1 aliphatic heterocycles. The van der Waals surface area contributed by atoms with Crippen LogP contribution in [0, 0.1) is 13.8 Å². The first-order valence-electron chi connectivity index (χ1n) is 8.66. The van der Waals surface area contributed by atoms with Crippen molar-refractivity contribution in [1.29, 1.82) is 0 Å². The molecule has 0 aromatic heterocycles. The monoisotopic (exact) mass is 375 g/mol. The third kappa shape index (κ3) is 3.86. The molecule has 0 saturated heterocycles. The molecule has 0 aliphatic carbocycles. The molecule has 1 heterocycles. The highest BCUT2D eigenvalue weighted by atomic mass is 32.2. The van der Waals surface area contributed by atoms with Crippen LogP contribution >= 0.6 is 0 Å². The molecule has 0 amide bonds. The molecular weight excluding hydrogens is 350 g/mol. The molecule has 6 heteroatoms. The van der Waals surface area contributed by atoms with E-state index in [2.05, 4.69) is 4.72 Å². The summed E-state index contributed by atoms with van der Waals surface area (Å²) >= 11 is 0. The van der Waals surface area contributed by atoms with E-state index in [-0.39, 0.29) is 6.54 Å². The zero-order valence-corrected chi connectivity index (χ0v) is 16.4. The van der Waals surface area contributed by atoms with Crippen molar-refractivity contribution in [2.75, 3.05) is 19.8 Å². The second kappa shape index (κ2) is 6.93. The standard InChI is InChI=1S/C20H25NO4S/c1-14-5-8-19(15(2)11-14)26(22,23)21-13-20(3,4)16-6-7-17-18(12-16)25-10-9-24-17/h5-8,11-12,21H,9-10,13H2,1-4H3. The van der Waals surface area contributed by atoms with Crippen LogP contribution in [0.5, 0.6) is 11.5 Å². The van der Waals surface area contributed by atoms with Crippen LogP contribution in [-0.4, -0.2) is 28.2 Å². The van der Waals surface area contributed by atoms with Gasteiger partial charge in [0.15, 0.2) is 11.5 Å². The zero-order valence-electron chi connectivity index (χ0n) is 15.6. The first-order chi connectivity index (χ1) is 12.2. The molecule has 1 aliphatic rings. The first-order valence-corrected chi connectivity index (χ1v) is 10.1. The van der Waals surface area contributed by atoms with Gasteiger partial charge >= 0.3 is 0 Å². The fourth-order valence-electron chi connectivity index (χ4n) is 3.02. The Balaban J connectivity index is 1.79. The molecule has 0 atom stereocenters.